The minimum Gasteiger partial charge on any atom is -0.476 e. The highest BCUT2D eigenvalue weighted by Gasteiger charge is 2.34. The molecule has 88 valence electrons. The Bertz CT molecular complexity index is 361. The van der Waals surface area contributed by atoms with Crippen molar-refractivity contribution in [3.8, 4) is 5.75 Å². The third kappa shape index (κ3) is 2.98. The molecule has 0 heterocycles. The van der Waals surface area contributed by atoms with Gasteiger partial charge in [0.15, 0.2) is 0 Å². The summed E-state index contributed by atoms with van der Waals surface area (Å²) < 4.78 is 11.4. The first-order valence-electron chi connectivity index (χ1n) is 5.05. The van der Waals surface area contributed by atoms with Crippen LogP contribution in [0.5, 0.6) is 5.75 Å². The monoisotopic (exact) mass is 286 g/mol. The van der Waals surface area contributed by atoms with Crippen LogP contribution in [0.4, 0.5) is 0 Å². The molecule has 3 nitrogen and oxygen atoms in total. The Morgan fingerprint density at radius 1 is 1.38 bits per heavy atom. The molecule has 0 saturated carbocycles. The molecule has 0 unspecified atom stereocenters. The molecule has 0 N–H and O–H groups in total. The van der Waals surface area contributed by atoms with Gasteiger partial charge in [0, 0.05) is 4.47 Å². The molecule has 0 amide bonds. The van der Waals surface area contributed by atoms with Crippen LogP contribution in [0, 0.1) is 0 Å². The van der Waals surface area contributed by atoms with Crippen LogP contribution in [0.15, 0.2) is 28.7 Å². The van der Waals surface area contributed by atoms with Gasteiger partial charge in [-0.1, -0.05) is 22.9 Å². The van der Waals surface area contributed by atoms with E-state index in [1.165, 1.54) is 7.11 Å². The number of methoxy groups -OCH3 is 1. The third-order valence-corrected chi connectivity index (χ3v) is 2.98. The predicted molar refractivity (Wildman–Crippen MR) is 65.5 cm³/mol. The van der Waals surface area contributed by atoms with E-state index in [9.17, 15) is 4.79 Å². The third-order valence-electron chi connectivity index (χ3n) is 2.45. The number of carbonyl (C=O) groups excluding carboxylic acids is 1. The van der Waals surface area contributed by atoms with Gasteiger partial charge in [-0.05, 0) is 37.6 Å². The largest absolute Gasteiger partial charge is 0.476 e. The highest BCUT2D eigenvalue weighted by atomic mass is 79.9. The summed E-state index contributed by atoms with van der Waals surface area (Å²) in [6, 6.07) is 7.34. The van der Waals surface area contributed by atoms with Crippen molar-refractivity contribution in [3.05, 3.63) is 28.7 Å². The lowest BCUT2D eigenvalue weighted by atomic mass is 10.0. The molecule has 0 aliphatic rings. The Morgan fingerprint density at radius 3 is 2.38 bits per heavy atom. The van der Waals surface area contributed by atoms with Gasteiger partial charge in [0.25, 0.3) is 0 Å². The number of benzene rings is 1. The highest BCUT2D eigenvalue weighted by molar-refractivity contribution is 9.10. The lowest BCUT2D eigenvalue weighted by Gasteiger charge is -2.26. The van der Waals surface area contributed by atoms with Crippen molar-refractivity contribution in [1.29, 1.82) is 0 Å². The maximum absolute atomic E-state index is 11.6. The van der Waals surface area contributed by atoms with Gasteiger partial charge in [-0.25, -0.2) is 4.79 Å². The number of carbonyl (C=O) groups is 1. The molecule has 0 spiro atoms. The van der Waals surface area contributed by atoms with Crippen LogP contribution in [-0.4, -0.2) is 18.7 Å². The molecule has 1 rings (SSSR count). The molecule has 0 saturated heterocycles. The fraction of sp³-hybridized carbons (Fsp3) is 0.417. The molecule has 4 heteroatoms. The van der Waals surface area contributed by atoms with Crippen LogP contribution in [-0.2, 0) is 9.53 Å². The molecule has 0 bridgehead atoms. The average Bonchev–Trinajstić information content (AvgIpc) is 2.31. The molecule has 0 aliphatic carbocycles. The minimum atomic E-state index is -0.928. The van der Waals surface area contributed by atoms with Crippen molar-refractivity contribution in [2.75, 3.05) is 7.11 Å². The second-order valence-corrected chi connectivity index (χ2v) is 4.55. The van der Waals surface area contributed by atoms with Crippen molar-refractivity contribution < 1.29 is 14.3 Å². The first-order chi connectivity index (χ1) is 7.51. The first kappa shape index (κ1) is 13.0. The molecule has 16 heavy (non-hydrogen) atoms. The van der Waals surface area contributed by atoms with Gasteiger partial charge in [0.05, 0.1) is 7.11 Å². The number of esters is 1. The Kier molecular flexibility index (Phi) is 4.35. The van der Waals surface area contributed by atoms with E-state index in [1.807, 2.05) is 19.1 Å². The molecule has 0 aliphatic heterocycles. The van der Waals surface area contributed by atoms with Crippen LogP contribution in [0.2, 0.25) is 0 Å². The summed E-state index contributed by atoms with van der Waals surface area (Å²) in [4.78, 5) is 11.6. The van der Waals surface area contributed by atoms with Crippen molar-refractivity contribution in [1.82, 2.24) is 0 Å². The van der Waals surface area contributed by atoms with Crippen LogP contribution >= 0.6 is 15.9 Å². The van der Waals surface area contributed by atoms with Crippen LogP contribution in [0.25, 0.3) is 0 Å². The number of ether oxygens (including phenoxy) is 2. The predicted octanol–water partition coefficient (Wildman–Crippen LogP) is 3.17. The van der Waals surface area contributed by atoms with Crippen LogP contribution in [0.3, 0.4) is 0 Å². The van der Waals surface area contributed by atoms with Crippen molar-refractivity contribution >= 4 is 21.9 Å². The fourth-order valence-electron chi connectivity index (χ4n) is 1.24. The van der Waals surface area contributed by atoms with E-state index in [1.54, 1.807) is 19.1 Å². The lowest BCUT2D eigenvalue weighted by molar-refractivity contribution is -0.157. The number of halogens is 1. The van der Waals surface area contributed by atoms with Gasteiger partial charge in [-0.15, -0.1) is 0 Å². The summed E-state index contributed by atoms with van der Waals surface area (Å²) in [6.45, 7) is 3.61. The molecule has 1 atom stereocenters. The zero-order chi connectivity index (χ0) is 12.2. The summed E-state index contributed by atoms with van der Waals surface area (Å²) in [7, 11) is 1.36. The molecule has 0 radical (unpaired) electrons. The standard InChI is InChI=1S/C12H15BrO3/c1-4-12(2,11(14)15-3)16-10-7-5-9(13)6-8-10/h5-8H,4H2,1-3H3/t12-/m1/s1. The van der Waals surface area contributed by atoms with Crippen LogP contribution in [0.1, 0.15) is 20.3 Å². The zero-order valence-corrected chi connectivity index (χ0v) is 11.2. The molecule has 0 fully saturated rings. The van der Waals surface area contributed by atoms with Gasteiger partial charge in [0.1, 0.15) is 5.75 Å². The van der Waals surface area contributed by atoms with Gasteiger partial charge in [0.2, 0.25) is 5.60 Å². The van der Waals surface area contributed by atoms with E-state index in [0.29, 0.717) is 12.2 Å². The highest BCUT2D eigenvalue weighted by Crippen LogP contribution is 2.24. The van der Waals surface area contributed by atoms with Gasteiger partial charge in [-0.3, -0.25) is 0 Å². The number of hydrogen-bond donors (Lipinski definition) is 0. The van der Waals surface area contributed by atoms with Crippen molar-refractivity contribution in [2.45, 2.75) is 25.9 Å². The fourth-order valence-corrected chi connectivity index (χ4v) is 1.50. The normalized spacial score (nSPS) is 14.0. The van der Waals surface area contributed by atoms with E-state index in [0.717, 1.165) is 4.47 Å². The summed E-state index contributed by atoms with van der Waals surface area (Å²) in [5, 5.41) is 0. The molecule has 1 aromatic rings. The number of hydrogen-bond acceptors (Lipinski definition) is 3. The first-order valence-corrected chi connectivity index (χ1v) is 5.84. The van der Waals surface area contributed by atoms with Gasteiger partial charge in [-0.2, -0.15) is 0 Å². The molecular weight excluding hydrogens is 272 g/mol. The Morgan fingerprint density at radius 2 is 1.94 bits per heavy atom. The van der Waals surface area contributed by atoms with Gasteiger partial charge < -0.3 is 9.47 Å². The van der Waals surface area contributed by atoms with E-state index >= 15 is 0 Å². The maximum Gasteiger partial charge on any atom is 0.349 e. The Labute approximate surface area is 104 Å². The minimum absolute atomic E-state index is 0.363. The van der Waals surface area contributed by atoms with Crippen molar-refractivity contribution in [2.24, 2.45) is 0 Å². The smallest absolute Gasteiger partial charge is 0.349 e. The quantitative estimate of drug-likeness (QED) is 0.798. The molecule has 1 aromatic carbocycles. The van der Waals surface area contributed by atoms with Gasteiger partial charge >= 0.3 is 5.97 Å². The topological polar surface area (TPSA) is 35.5 Å². The summed E-state index contributed by atoms with van der Waals surface area (Å²) in [5.74, 6) is 0.288. The van der Waals surface area contributed by atoms with E-state index in [4.69, 9.17) is 9.47 Å². The van der Waals surface area contributed by atoms with Crippen molar-refractivity contribution in [3.63, 3.8) is 0 Å². The summed E-state index contributed by atoms with van der Waals surface area (Å²) >= 11 is 3.34. The van der Waals surface area contributed by atoms with Crippen LogP contribution < -0.4 is 4.74 Å². The SMILES string of the molecule is CC[C@@](C)(Oc1ccc(Br)cc1)C(=O)OC. The maximum atomic E-state index is 11.6. The summed E-state index contributed by atoms with van der Waals surface area (Å²) in [6.07, 6.45) is 0.551. The summed E-state index contributed by atoms with van der Waals surface area (Å²) in [5.41, 5.74) is -0.928. The second kappa shape index (κ2) is 5.34. The molecular formula is C12H15BrO3. The number of rotatable bonds is 4. The van der Waals surface area contributed by atoms with E-state index in [-0.39, 0.29) is 5.97 Å². The van der Waals surface area contributed by atoms with E-state index < -0.39 is 5.60 Å². The second-order valence-electron chi connectivity index (χ2n) is 3.63. The average molecular weight is 287 g/mol. The molecule has 0 aromatic heterocycles. The zero-order valence-electron chi connectivity index (χ0n) is 9.62. The Balaban J connectivity index is 2.84. The Hall–Kier alpha value is -1.03. The lowest BCUT2D eigenvalue weighted by Crippen LogP contribution is -2.41. The van der Waals surface area contributed by atoms with E-state index in [2.05, 4.69) is 15.9 Å².